The van der Waals surface area contributed by atoms with Crippen LogP contribution in [-0.2, 0) is 11.3 Å². The van der Waals surface area contributed by atoms with Gasteiger partial charge in [0.25, 0.3) is 0 Å². The average molecular weight is 338 g/mol. The molecule has 0 saturated carbocycles. The molecule has 0 saturated heterocycles. The lowest BCUT2D eigenvalue weighted by Crippen LogP contribution is -2.13. The van der Waals surface area contributed by atoms with Crippen LogP contribution in [0.1, 0.15) is 22.0 Å². The van der Waals surface area contributed by atoms with Gasteiger partial charge in [-0.1, -0.05) is 30.3 Å². The number of hydrogen-bond acceptors (Lipinski definition) is 4. The second-order valence-corrected chi connectivity index (χ2v) is 6.49. The predicted molar refractivity (Wildman–Crippen MR) is 97.0 cm³/mol. The molecule has 122 valence electrons. The van der Waals surface area contributed by atoms with Gasteiger partial charge >= 0.3 is 0 Å². The molecule has 0 radical (unpaired) electrons. The van der Waals surface area contributed by atoms with E-state index in [0.29, 0.717) is 12.4 Å². The summed E-state index contributed by atoms with van der Waals surface area (Å²) in [6.45, 7) is 4.46. The van der Waals surface area contributed by atoms with E-state index in [1.807, 2.05) is 55.6 Å². The number of rotatable bonds is 5. The maximum Gasteiger partial charge on any atom is 0.249 e. The lowest BCUT2D eigenvalue weighted by Gasteiger charge is -2.07. The number of aryl methyl sites for hydroxylation is 2. The van der Waals surface area contributed by atoms with Crippen molar-refractivity contribution >= 4 is 29.1 Å². The van der Waals surface area contributed by atoms with Crippen molar-refractivity contribution in [2.24, 2.45) is 0 Å². The van der Waals surface area contributed by atoms with Crippen LogP contribution in [0.2, 0.25) is 0 Å². The highest BCUT2D eigenvalue weighted by Gasteiger charge is 2.08. The van der Waals surface area contributed by atoms with Crippen molar-refractivity contribution in [3.05, 3.63) is 69.8 Å². The predicted octanol–water partition coefficient (Wildman–Crippen LogP) is 3.66. The highest BCUT2D eigenvalue weighted by molar-refractivity contribution is 7.09. The molecule has 1 N–H and O–H groups in total. The van der Waals surface area contributed by atoms with E-state index < -0.39 is 0 Å². The molecule has 0 fully saturated rings. The standard InChI is InChI=1S/C18H18N4OS/c1-13-10-17(22(21-13)11-15-6-4-3-5-7-15)20-18(23)9-8-16-12-24-14(2)19-16/h3-10,12H,11H2,1-2H3,(H,20,23)/b9-8+. The summed E-state index contributed by atoms with van der Waals surface area (Å²) >= 11 is 1.56. The molecule has 5 nitrogen and oxygen atoms in total. The van der Waals surface area contributed by atoms with E-state index >= 15 is 0 Å². The minimum absolute atomic E-state index is 0.199. The van der Waals surface area contributed by atoms with Crippen LogP contribution >= 0.6 is 11.3 Å². The van der Waals surface area contributed by atoms with Crippen LogP contribution in [0, 0.1) is 13.8 Å². The number of nitrogens with one attached hydrogen (secondary N) is 1. The van der Waals surface area contributed by atoms with Crippen LogP contribution in [0.4, 0.5) is 5.82 Å². The van der Waals surface area contributed by atoms with Gasteiger partial charge < -0.3 is 5.32 Å². The van der Waals surface area contributed by atoms with E-state index in [4.69, 9.17) is 0 Å². The van der Waals surface area contributed by atoms with Gasteiger partial charge in [0.05, 0.1) is 22.9 Å². The zero-order valence-corrected chi connectivity index (χ0v) is 14.4. The van der Waals surface area contributed by atoms with Crippen LogP contribution in [0.5, 0.6) is 0 Å². The quantitative estimate of drug-likeness (QED) is 0.722. The normalized spacial score (nSPS) is 11.1. The Morgan fingerprint density at radius 2 is 2.08 bits per heavy atom. The van der Waals surface area contributed by atoms with E-state index in [0.717, 1.165) is 22.0 Å². The first kappa shape index (κ1) is 16.1. The molecular weight excluding hydrogens is 320 g/mol. The molecule has 0 aliphatic carbocycles. The van der Waals surface area contributed by atoms with Crippen molar-refractivity contribution in [3.63, 3.8) is 0 Å². The third kappa shape index (κ3) is 4.17. The molecule has 1 amide bonds. The van der Waals surface area contributed by atoms with Crippen LogP contribution < -0.4 is 5.32 Å². The summed E-state index contributed by atoms with van der Waals surface area (Å²) in [5.74, 6) is 0.482. The lowest BCUT2D eigenvalue weighted by molar-refractivity contribution is -0.111. The van der Waals surface area contributed by atoms with E-state index in [2.05, 4.69) is 15.4 Å². The van der Waals surface area contributed by atoms with E-state index in [1.165, 1.54) is 6.08 Å². The first-order valence-corrected chi connectivity index (χ1v) is 8.48. The maximum absolute atomic E-state index is 12.1. The molecule has 0 aliphatic rings. The highest BCUT2D eigenvalue weighted by atomic mass is 32.1. The summed E-state index contributed by atoms with van der Waals surface area (Å²) in [6.07, 6.45) is 3.20. The highest BCUT2D eigenvalue weighted by Crippen LogP contribution is 2.14. The third-order valence-electron chi connectivity index (χ3n) is 3.37. The van der Waals surface area contributed by atoms with Crippen molar-refractivity contribution in [3.8, 4) is 0 Å². The van der Waals surface area contributed by atoms with E-state index in [1.54, 1.807) is 22.1 Å². The van der Waals surface area contributed by atoms with Gasteiger partial charge in [0.15, 0.2) is 0 Å². The topological polar surface area (TPSA) is 59.8 Å². The van der Waals surface area contributed by atoms with E-state index in [9.17, 15) is 4.79 Å². The van der Waals surface area contributed by atoms with Gasteiger partial charge in [0.2, 0.25) is 5.91 Å². The third-order valence-corrected chi connectivity index (χ3v) is 4.16. The molecule has 3 aromatic rings. The smallest absolute Gasteiger partial charge is 0.249 e. The van der Waals surface area contributed by atoms with Gasteiger partial charge in [-0.15, -0.1) is 11.3 Å². The SMILES string of the molecule is Cc1cc(NC(=O)/C=C/c2csc(C)n2)n(Cc2ccccc2)n1. The first-order chi connectivity index (χ1) is 11.6. The second-order valence-electron chi connectivity index (χ2n) is 5.43. The molecular formula is C18H18N4OS. The van der Waals surface area contributed by atoms with Crippen molar-refractivity contribution in [1.82, 2.24) is 14.8 Å². The molecule has 0 unspecified atom stereocenters. The van der Waals surface area contributed by atoms with Crippen LogP contribution in [0.25, 0.3) is 6.08 Å². The zero-order valence-electron chi connectivity index (χ0n) is 13.6. The number of thiazole rings is 1. The van der Waals surface area contributed by atoms with Crippen LogP contribution in [-0.4, -0.2) is 20.7 Å². The fraction of sp³-hybridized carbons (Fsp3) is 0.167. The average Bonchev–Trinajstić information content (AvgIpc) is 3.12. The Labute approximate surface area is 144 Å². The number of carbonyl (C=O) groups excluding carboxylic acids is 1. The first-order valence-electron chi connectivity index (χ1n) is 7.60. The van der Waals surface area contributed by atoms with Crippen molar-refractivity contribution in [2.75, 3.05) is 5.32 Å². The molecule has 0 bridgehead atoms. The largest absolute Gasteiger partial charge is 0.307 e. The molecule has 2 heterocycles. The number of carbonyl (C=O) groups is 1. The maximum atomic E-state index is 12.1. The van der Waals surface area contributed by atoms with Gasteiger partial charge in [-0.05, 0) is 25.5 Å². The second kappa shape index (κ2) is 7.23. The summed E-state index contributed by atoms with van der Waals surface area (Å²) < 4.78 is 1.80. The van der Waals surface area contributed by atoms with E-state index in [-0.39, 0.29) is 5.91 Å². The van der Waals surface area contributed by atoms with Crippen LogP contribution in [0.3, 0.4) is 0 Å². The number of hydrogen-bond donors (Lipinski definition) is 1. The number of aromatic nitrogens is 3. The summed E-state index contributed by atoms with van der Waals surface area (Å²) in [6, 6.07) is 11.9. The van der Waals surface area contributed by atoms with Gasteiger partial charge in [0, 0.05) is 17.5 Å². The number of nitrogens with zero attached hydrogens (tertiary/aromatic N) is 3. The summed E-state index contributed by atoms with van der Waals surface area (Å²) in [4.78, 5) is 16.4. The van der Waals surface area contributed by atoms with Crippen LogP contribution in [0.15, 0.2) is 47.9 Å². The molecule has 0 spiro atoms. The molecule has 0 aliphatic heterocycles. The Morgan fingerprint density at radius 3 is 2.79 bits per heavy atom. The summed E-state index contributed by atoms with van der Waals surface area (Å²) in [5.41, 5.74) is 2.78. The van der Waals surface area contributed by atoms with Crippen molar-refractivity contribution in [1.29, 1.82) is 0 Å². The Balaban J connectivity index is 1.70. The van der Waals surface area contributed by atoms with Crippen molar-refractivity contribution in [2.45, 2.75) is 20.4 Å². The summed E-state index contributed by atoms with van der Waals surface area (Å²) in [7, 11) is 0. The number of amides is 1. The fourth-order valence-corrected chi connectivity index (χ4v) is 2.89. The molecule has 2 aromatic heterocycles. The fourth-order valence-electron chi connectivity index (χ4n) is 2.31. The van der Waals surface area contributed by atoms with Gasteiger partial charge in [-0.2, -0.15) is 5.10 Å². The minimum atomic E-state index is -0.199. The zero-order chi connectivity index (χ0) is 16.9. The minimum Gasteiger partial charge on any atom is -0.307 e. The molecule has 24 heavy (non-hydrogen) atoms. The van der Waals surface area contributed by atoms with Gasteiger partial charge in [-0.25, -0.2) is 9.67 Å². The Bertz CT molecular complexity index is 864. The molecule has 1 aromatic carbocycles. The monoisotopic (exact) mass is 338 g/mol. The van der Waals surface area contributed by atoms with Crippen molar-refractivity contribution < 1.29 is 4.79 Å². The molecule has 3 rings (SSSR count). The Morgan fingerprint density at radius 1 is 1.29 bits per heavy atom. The number of anilines is 1. The number of benzene rings is 1. The Kier molecular flexibility index (Phi) is 4.86. The summed E-state index contributed by atoms with van der Waals surface area (Å²) in [5, 5.41) is 10.2. The molecule has 0 atom stereocenters. The van der Waals surface area contributed by atoms with Gasteiger partial charge in [-0.3, -0.25) is 4.79 Å². The Hall–Kier alpha value is -2.73. The van der Waals surface area contributed by atoms with Gasteiger partial charge in [0.1, 0.15) is 5.82 Å². The lowest BCUT2D eigenvalue weighted by atomic mass is 10.2. The molecule has 6 heteroatoms.